The zero-order valence-corrected chi connectivity index (χ0v) is 40.5. The maximum absolute atomic E-state index is 12.7. The maximum atomic E-state index is 12.7. The maximum Gasteiger partial charge on any atom is 0.472 e. The summed E-state index contributed by atoms with van der Waals surface area (Å²) < 4.78 is 33.5. The van der Waals surface area contributed by atoms with E-state index in [1.807, 2.05) is 0 Å². The molecule has 61 heavy (non-hydrogen) atoms. The Kier molecular flexibility index (Phi) is 47.1. The fourth-order valence-corrected chi connectivity index (χ4v) is 7.94. The highest BCUT2D eigenvalue weighted by atomic mass is 31.2. The number of aliphatic hydroxyl groups excluding tert-OH is 2. The smallest absolute Gasteiger partial charge is 0.457 e. The van der Waals surface area contributed by atoms with Crippen LogP contribution in [0.25, 0.3) is 0 Å². The molecule has 0 radical (unpaired) electrons. The molecule has 3 atom stereocenters. The van der Waals surface area contributed by atoms with Crippen molar-refractivity contribution in [2.24, 2.45) is 0 Å². The Balaban J connectivity index is 4.05. The normalized spacial score (nSPS) is 14.1. The average molecular weight is 885 g/mol. The van der Waals surface area contributed by atoms with Crippen LogP contribution in [0.5, 0.6) is 0 Å². The Hall–Kier alpha value is -1.32. The molecule has 0 aromatic heterocycles. The number of unbranched alkanes of at least 4 members (excludes halogenated alkanes) is 29. The molecule has 0 bridgehead atoms. The number of aliphatic hydroxyl groups is 2. The zero-order chi connectivity index (χ0) is 44.6. The first kappa shape index (κ1) is 59.7. The molecule has 0 saturated heterocycles. The van der Waals surface area contributed by atoms with Crippen molar-refractivity contribution in [2.75, 3.05) is 33.0 Å². The van der Waals surface area contributed by atoms with E-state index < -0.39 is 33.2 Å². The number of hydrogen-bond donors (Lipinski definition) is 3. The van der Waals surface area contributed by atoms with Crippen LogP contribution in [-0.4, -0.2) is 66.3 Å². The molecule has 0 aromatic rings. The number of allylic oxidation sites excluding steroid dienone is 6. The van der Waals surface area contributed by atoms with Crippen molar-refractivity contribution in [3.05, 3.63) is 36.5 Å². The number of rotatable bonds is 49. The highest BCUT2D eigenvalue weighted by molar-refractivity contribution is 7.47. The van der Waals surface area contributed by atoms with Gasteiger partial charge in [0.1, 0.15) is 12.2 Å². The van der Waals surface area contributed by atoms with E-state index in [9.17, 15) is 19.4 Å². The topological polar surface area (TPSA) is 132 Å². The number of ether oxygens (including phenoxy) is 2. The second-order valence-corrected chi connectivity index (χ2v) is 18.6. The van der Waals surface area contributed by atoms with Crippen molar-refractivity contribution in [2.45, 2.75) is 251 Å². The third kappa shape index (κ3) is 48.0. The molecule has 360 valence electrons. The first-order chi connectivity index (χ1) is 29.8. The van der Waals surface area contributed by atoms with Crippen molar-refractivity contribution >= 4 is 13.8 Å². The molecule has 0 aliphatic carbocycles. The SMILES string of the molecule is CCCCCCC/C=C\C/C=C\CCCCCCCCCCCCCCOCC(COP(=O)(O)OCC(O)CO)OC(=O)CCCCCCC/C=C\CCCCCCCCC. The average Bonchev–Trinajstić information content (AvgIpc) is 3.25. The predicted molar refractivity (Wildman–Crippen MR) is 256 cm³/mol. The minimum absolute atomic E-state index is 0.0468. The van der Waals surface area contributed by atoms with Crippen LogP contribution in [0.1, 0.15) is 239 Å². The van der Waals surface area contributed by atoms with Gasteiger partial charge in [-0.15, -0.1) is 0 Å². The molecule has 10 heteroatoms. The molecular weight excluding hydrogens is 788 g/mol. The van der Waals surface area contributed by atoms with E-state index in [2.05, 4.69) is 50.3 Å². The van der Waals surface area contributed by atoms with Crippen molar-refractivity contribution in [3.8, 4) is 0 Å². The van der Waals surface area contributed by atoms with E-state index in [1.165, 1.54) is 154 Å². The summed E-state index contributed by atoms with van der Waals surface area (Å²) in [7, 11) is -4.52. The van der Waals surface area contributed by atoms with Gasteiger partial charge in [0.15, 0.2) is 0 Å². The Morgan fingerprint density at radius 3 is 1.33 bits per heavy atom. The molecule has 3 N–H and O–H groups in total. The van der Waals surface area contributed by atoms with Gasteiger partial charge in [0.05, 0.1) is 26.4 Å². The Morgan fingerprint density at radius 2 is 0.885 bits per heavy atom. The van der Waals surface area contributed by atoms with Gasteiger partial charge >= 0.3 is 13.8 Å². The third-order valence-corrected chi connectivity index (χ3v) is 12.0. The van der Waals surface area contributed by atoms with Crippen LogP contribution in [0, 0.1) is 0 Å². The molecule has 0 fully saturated rings. The second-order valence-electron chi connectivity index (χ2n) is 17.2. The van der Waals surface area contributed by atoms with Crippen LogP contribution < -0.4 is 0 Å². The summed E-state index contributed by atoms with van der Waals surface area (Å²) in [5, 5.41) is 18.4. The van der Waals surface area contributed by atoms with Crippen LogP contribution in [0.3, 0.4) is 0 Å². The lowest BCUT2D eigenvalue weighted by Crippen LogP contribution is -2.29. The molecule has 0 saturated carbocycles. The molecule has 0 spiro atoms. The Morgan fingerprint density at radius 1 is 0.508 bits per heavy atom. The van der Waals surface area contributed by atoms with Crippen molar-refractivity contribution in [3.63, 3.8) is 0 Å². The quantitative estimate of drug-likeness (QED) is 0.0236. The molecule has 0 aromatic carbocycles. The van der Waals surface area contributed by atoms with Crippen molar-refractivity contribution < 1.29 is 43.0 Å². The lowest BCUT2D eigenvalue weighted by molar-refractivity contribution is -0.154. The van der Waals surface area contributed by atoms with Gasteiger partial charge in [-0.05, 0) is 70.6 Å². The standard InChI is InChI=1S/C51H97O9P/c1-3-5-7-9-11-13-15-17-19-21-22-23-24-25-26-27-28-30-32-34-36-38-40-42-44-57-47-50(48-59-61(55,56)58-46-49(53)45-52)60-51(54)43-41-39-37-35-33-31-29-20-18-16-14-12-10-8-6-4-2/h15,17,20-22,29,49-50,52-53H,3-14,16,18-19,23-28,30-48H2,1-2H3,(H,55,56)/b17-15-,22-21-,29-20-. The minimum atomic E-state index is -4.52. The zero-order valence-electron chi connectivity index (χ0n) is 39.6. The van der Waals surface area contributed by atoms with Gasteiger partial charge in [-0.1, -0.05) is 198 Å². The van der Waals surface area contributed by atoms with Crippen LogP contribution in [-0.2, 0) is 27.9 Å². The Labute approximate surface area is 375 Å². The summed E-state index contributed by atoms with van der Waals surface area (Å²) in [5.41, 5.74) is 0. The number of carbonyl (C=O) groups is 1. The first-order valence-corrected chi connectivity index (χ1v) is 27.0. The van der Waals surface area contributed by atoms with Crippen molar-refractivity contribution in [1.29, 1.82) is 0 Å². The highest BCUT2D eigenvalue weighted by Gasteiger charge is 2.26. The van der Waals surface area contributed by atoms with Crippen LogP contribution in [0.4, 0.5) is 0 Å². The number of esters is 1. The first-order valence-electron chi connectivity index (χ1n) is 25.5. The lowest BCUT2D eigenvalue weighted by atomic mass is 10.0. The molecule has 3 unspecified atom stereocenters. The van der Waals surface area contributed by atoms with E-state index >= 15 is 0 Å². The summed E-state index contributed by atoms with van der Waals surface area (Å²) in [4.78, 5) is 22.7. The van der Waals surface area contributed by atoms with E-state index in [4.69, 9.17) is 23.6 Å². The van der Waals surface area contributed by atoms with Gasteiger partial charge in [-0.2, -0.15) is 0 Å². The number of carbonyl (C=O) groups excluding carboxylic acids is 1. The highest BCUT2D eigenvalue weighted by Crippen LogP contribution is 2.43. The fraction of sp³-hybridized carbons (Fsp3) is 0.863. The van der Waals surface area contributed by atoms with Crippen LogP contribution >= 0.6 is 7.82 Å². The summed E-state index contributed by atoms with van der Waals surface area (Å²) >= 11 is 0. The predicted octanol–water partition coefficient (Wildman–Crippen LogP) is 14.8. The monoisotopic (exact) mass is 885 g/mol. The van der Waals surface area contributed by atoms with E-state index in [-0.39, 0.29) is 25.6 Å². The lowest BCUT2D eigenvalue weighted by Gasteiger charge is -2.20. The summed E-state index contributed by atoms with van der Waals surface area (Å²) in [6, 6.07) is 0. The van der Waals surface area contributed by atoms with Crippen LogP contribution in [0.2, 0.25) is 0 Å². The molecule has 0 aliphatic rings. The Bertz CT molecular complexity index is 1050. The van der Waals surface area contributed by atoms with Gasteiger partial charge in [0.25, 0.3) is 0 Å². The molecule has 0 aliphatic heterocycles. The minimum Gasteiger partial charge on any atom is -0.457 e. The van der Waals surface area contributed by atoms with Crippen molar-refractivity contribution in [1.82, 2.24) is 0 Å². The summed E-state index contributed by atoms with van der Waals surface area (Å²) in [5.74, 6) is -0.389. The molecule has 9 nitrogen and oxygen atoms in total. The van der Waals surface area contributed by atoms with Crippen LogP contribution in [0.15, 0.2) is 36.5 Å². The largest absolute Gasteiger partial charge is 0.472 e. The van der Waals surface area contributed by atoms with Gasteiger partial charge in [0.2, 0.25) is 0 Å². The number of hydrogen-bond acceptors (Lipinski definition) is 8. The van der Waals surface area contributed by atoms with E-state index in [1.54, 1.807) is 0 Å². The number of phosphoric acid groups is 1. The molecule has 0 heterocycles. The fourth-order valence-electron chi connectivity index (χ4n) is 7.15. The van der Waals surface area contributed by atoms with Gasteiger partial charge < -0.3 is 24.6 Å². The van der Waals surface area contributed by atoms with Gasteiger partial charge in [0, 0.05) is 13.0 Å². The summed E-state index contributed by atoms with van der Waals surface area (Å²) in [6.07, 6.45) is 54.0. The van der Waals surface area contributed by atoms with Gasteiger partial charge in [-0.25, -0.2) is 4.57 Å². The molecule has 0 rings (SSSR count). The van der Waals surface area contributed by atoms with E-state index in [0.29, 0.717) is 6.61 Å². The number of phosphoric ester groups is 1. The van der Waals surface area contributed by atoms with Gasteiger partial charge in [-0.3, -0.25) is 13.8 Å². The molecular formula is C51H97O9P. The molecule has 0 amide bonds. The van der Waals surface area contributed by atoms with E-state index in [0.717, 1.165) is 64.2 Å². The summed E-state index contributed by atoms with van der Waals surface area (Å²) in [6.45, 7) is 3.53. The third-order valence-electron chi connectivity index (χ3n) is 11.0. The second kappa shape index (κ2) is 48.1.